The molecule has 3 rings (SSSR count). The largest absolute Gasteiger partial charge is 0.508 e. The van der Waals surface area contributed by atoms with Gasteiger partial charge in [-0.05, 0) is 55.3 Å². The van der Waals surface area contributed by atoms with Crippen LogP contribution in [0.15, 0.2) is 47.2 Å². The van der Waals surface area contributed by atoms with E-state index in [1.165, 1.54) is 6.39 Å². The van der Waals surface area contributed by atoms with E-state index in [1.807, 2.05) is 13.0 Å². The molecule has 6 nitrogen and oxygen atoms in total. The second-order valence-corrected chi connectivity index (χ2v) is 5.81. The zero-order chi connectivity index (χ0) is 18.9. The highest BCUT2D eigenvalue weighted by Gasteiger charge is 2.06. The Hall–Kier alpha value is -3.04. The highest BCUT2D eigenvalue weighted by atomic mass is 35.5. The van der Waals surface area contributed by atoms with Gasteiger partial charge in [0.25, 0.3) is 0 Å². The van der Waals surface area contributed by atoms with E-state index in [2.05, 4.69) is 28.5 Å². The van der Waals surface area contributed by atoms with Crippen molar-refractivity contribution in [1.29, 1.82) is 5.26 Å². The fourth-order valence-corrected chi connectivity index (χ4v) is 2.33. The molecular weight excluding hydrogens is 352 g/mol. The maximum atomic E-state index is 8.99. The fraction of sp³-hybridized carbons (Fsp3) is 0.211. The van der Waals surface area contributed by atoms with Crippen molar-refractivity contribution in [3.8, 4) is 23.3 Å². The SMILES string of the molecule is CCCNc1ccc(C#N)c(Cl)c1C.Oc1ccc(-c2nnco2)cc1. The summed E-state index contributed by atoms with van der Waals surface area (Å²) >= 11 is 6.01. The molecule has 0 aliphatic carbocycles. The second kappa shape index (κ2) is 9.44. The van der Waals surface area contributed by atoms with Gasteiger partial charge in [0, 0.05) is 17.8 Å². The van der Waals surface area contributed by atoms with Crippen LogP contribution in [0.1, 0.15) is 24.5 Å². The van der Waals surface area contributed by atoms with E-state index in [0.29, 0.717) is 16.5 Å². The topological polar surface area (TPSA) is 95.0 Å². The van der Waals surface area contributed by atoms with E-state index in [-0.39, 0.29) is 5.75 Å². The Morgan fingerprint density at radius 1 is 1.23 bits per heavy atom. The van der Waals surface area contributed by atoms with Gasteiger partial charge in [-0.15, -0.1) is 10.2 Å². The zero-order valence-electron chi connectivity index (χ0n) is 14.5. The molecule has 7 heteroatoms. The normalized spacial score (nSPS) is 9.77. The summed E-state index contributed by atoms with van der Waals surface area (Å²) < 4.78 is 4.96. The standard InChI is InChI=1S/C11H13ClN2.C8H6N2O2/c1-3-6-14-10-5-4-9(7-13)11(12)8(10)2;11-7-3-1-6(2-4-7)8-10-9-5-12-8/h4-5,14H,3,6H2,1-2H3;1-5,11H. The van der Waals surface area contributed by atoms with Crippen molar-refractivity contribution < 1.29 is 9.52 Å². The molecule has 1 heterocycles. The Morgan fingerprint density at radius 3 is 2.54 bits per heavy atom. The first-order valence-corrected chi connectivity index (χ1v) is 8.43. The number of rotatable bonds is 4. The smallest absolute Gasteiger partial charge is 0.247 e. The van der Waals surface area contributed by atoms with E-state index in [4.69, 9.17) is 26.4 Å². The quantitative estimate of drug-likeness (QED) is 0.685. The molecule has 26 heavy (non-hydrogen) atoms. The van der Waals surface area contributed by atoms with E-state index in [9.17, 15) is 0 Å². The number of nitrogens with one attached hydrogen (secondary N) is 1. The Morgan fingerprint density at radius 2 is 1.96 bits per heavy atom. The molecule has 3 aromatic rings. The molecule has 0 unspecified atom stereocenters. The van der Waals surface area contributed by atoms with Crippen LogP contribution in [-0.4, -0.2) is 21.8 Å². The third-order valence-corrected chi connectivity index (χ3v) is 4.03. The predicted molar refractivity (Wildman–Crippen MR) is 101 cm³/mol. The highest BCUT2D eigenvalue weighted by molar-refractivity contribution is 6.32. The van der Waals surface area contributed by atoms with Crippen molar-refractivity contribution in [2.75, 3.05) is 11.9 Å². The number of aromatic hydroxyl groups is 1. The van der Waals surface area contributed by atoms with E-state index in [0.717, 1.165) is 29.8 Å². The Kier molecular flexibility index (Phi) is 7.01. The molecule has 1 aromatic heterocycles. The molecule has 134 valence electrons. The summed E-state index contributed by atoms with van der Waals surface area (Å²) in [5.41, 5.74) is 3.28. The summed E-state index contributed by atoms with van der Waals surface area (Å²) in [6, 6.07) is 12.3. The molecular formula is C19H19ClN4O2. The summed E-state index contributed by atoms with van der Waals surface area (Å²) in [6.07, 6.45) is 2.33. The summed E-state index contributed by atoms with van der Waals surface area (Å²) in [4.78, 5) is 0. The van der Waals surface area contributed by atoms with Gasteiger partial charge >= 0.3 is 0 Å². The number of halogens is 1. The van der Waals surface area contributed by atoms with Crippen molar-refractivity contribution in [3.05, 3.63) is 58.9 Å². The lowest BCUT2D eigenvalue weighted by Gasteiger charge is -2.10. The third kappa shape index (κ3) is 4.98. The fourth-order valence-electron chi connectivity index (χ4n) is 2.13. The summed E-state index contributed by atoms with van der Waals surface area (Å²) in [6.45, 7) is 4.94. The molecule has 0 aliphatic heterocycles. The number of phenols is 1. The Balaban J connectivity index is 0.000000189. The molecule has 0 amide bonds. The van der Waals surface area contributed by atoms with Gasteiger partial charge in [-0.2, -0.15) is 5.26 Å². The van der Waals surface area contributed by atoms with Gasteiger partial charge in [0.15, 0.2) is 0 Å². The van der Waals surface area contributed by atoms with E-state index >= 15 is 0 Å². The van der Waals surface area contributed by atoms with Gasteiger partial charge in [-0.25, -0.2) is 0 Å². The van der Waals surface area contributed by atoms with Crippen molar-refractivity contribution in [2.24, 2.45) is 0 Å². The van der Waals surface area contributed by atoms with Crippen LogP contribution in [0.5, 0.6) is 5.75 Å². The molecule has 0 atom stereocenters. The van der Waals surface area contributed by atoms with Crippen molar-refractivity contribution in [2.45, 2.75) is 20.3 Å². The van der Waals surface area contributed by atoms with Gasteiger partial charge in [-0.3, -0.25) is 0 Å². The van der Waals surface area contributed by atoms with Gasteiger partial charge in [0.1, 0.15) is 11.8 Å². The average Bonchev–Trinajstić information content (AvgIpc) is 3.19. The number of aromatic nitrogens is 2. The highest BCUT2D eigenvalue weighted by Crippen LogP contribution is 2.26. The number of nitriles is 1. The minimum absolute atomic E-state index is 0.221. The zero-order valence-corrected chi connectivity index (χ0v) is 15.3. The monoisotopic (exact) mass is 370 g/mol. The molecule has 0 aliphatic rings. The molecule has 2 N–H and O–H groups in total. The molecule has 0 fully saturated rings. The maximum absolute atomic E-state index is 8.99. The van der Waals surface area contributed by atoms with Crippen LogP contribution in [0.25, 0.3) is 11.5 Å². The Labute approximate surface area is 157 Å². The number of benzene rings is 2. The molecule has 0 saturated heterocycles. The second-order valence-electron chi connectivity index (χ2n) is 5.43. The Bertz CT molecular complexity index is 872. The van der Waals surface area contributed by atoms with Crippen LogP contribution >= 0.6 is 11.6 Å². The van der Waals surface area contributed by atoms with Gasteiger partial charge in [0.2, 0.25) is 12.3 Å². The van der Waals surface area contributed by atoms with Crippen LogP contribution in [0.2, 0.25) is 5.02 Å². The lowest BCUT2D eigenvalue weighted by molar-refractivity contribution is 0.475. The third-order valence-electron chi connectivity index (χ3n) is 3.55. The van der Waals surface area contributed by atoms with Gasteiger partial charge in [0.05, 0.1) is 10.6 Å². The van der Waals surface area contributed by atoms with E-state index in [1.54, 1.807) is 30.3 Å². The number of nitrogens with zero attached hydrogens (tertiary/aromatic N) is 3. The molecule has 0 radical (unpaired) electrons. The predicted octanol–water partition coefficient (Wildman–Crippen LogP) is 4.78. The van der Waals surface area contributed by atoms with Gasteiger partial charge < -0.3 is 14.8 Å². The maximum Gasteiger partial charge on any atom is 0.247 e. The van der Waals surface area contributed by atoms with Crippen molar-refractivity contribution in [3.63, 3.8) is 0 Å². The first-order valence-electron chi connectivity index (χ1n) is 8.05. The van der Waals surface area contributed by atoms with Crippen LogP contribution < -0.4 is 5.32 Å². The minimum atomic E-state index is 0.221. The van der Waals surface area contributed by atoms with Crippen LogP contribution in [0, 0.1) is 18.3 Å². The summed E-state index contributed by atoms with van der Waals surface area (Å²) in [5.74, 6) is 0.674. The first-order chi connectivity index (χ1) is 12.6. The van der Waals surface area contributed by atoms with Crippen LogP contribution in [-0.2, 0) is 0 Å². The van der Waals surface area contributed by atoms with Crippen LogP contribution in [0.4, 0.5) is 5.69 Å². The number of hydrogen-bond acceptors (Lipinski definition) is 6. The molecule has 0 saturated carbocycles. The summed E-state index contributed by atoms with van der Waals surface area (Å²) in [7, 11) is 0. The number of hydrogen-bond donors (Lipinski definition) is 2. The van der Waals surface area contributed by atoms with Crippen molar-refractivity contribution >= 4 is 17.3 Å². The number of anilines is 1. The van der Waals surface area contributed by atoms with Crippen LogP contribution in [0.3, 0.4) is 0 Å². The molecule has 0 spiro atoms. The number of phenolic OH excluding ortho intramolecular Hbond substituents is 1. The first kappa shape index (κ1) is 19.3. The average molecular weight is 371 g/mol. The van der Waals surface area contributed by atoms with Crippen molar-refractivity contribution in [1.82, 2.24) is 10.2 Å². The molecule has 0 bridgehead atoms. The lowest BCUT2D eigenvalue weighted by atomic mass is 10.1. The summed E-state index contributed by atoms with van der Waals surface area (Å²) in [5, 5.41) is 28.8. The van der Waals surface area contributed by atoms with Gasteiger partial charge in [-0.1, -0.05) is 18.5 Å². The lowest BCUT2D eigenvalue weighted by Crippen LogP contribution is -2.02. The molecule has 2 aromatic carbocycles. The minimum Gasteiger partial charge on any atom is -0.508 e. The van der Waals surface area contributed by atoms with E-state index < -0.39 is 0 Å².